The third-order valence-electron chi connectivity index (χ3n) is 4.69. The summed E-state index contributed by atoms with van der Waals surface area (Å²) in [5, 5.41) is 0.468. The Balaban J connectivity index is 1.75. The molecule has 0 bridgehead atoms. The van der Waals surface area contributed by atoms with E-state index in [-0.39, 0.29) is 5.75 Å². The van der Waals surface area contributed by atoms with Crippen LogP contribution in [0, 0.1) is 6.92 Å². The second-order valence-corrected chi connectivity index (χ2v) is 10.1. The Morgan fingerprint density at radius 2 is 1.73 bits per heavy atom. The van der Waals surface area contributed by atoms with Crippen LogP contribution in [0.25, 0.3) is 33.1 Å². The highest BCUT2D eigenvalue weighted by Crippen LogP contribution is 2.38. The van der Waals surface area contributed by atoms with Gasteiger partial charge in [-0.05, 0) is 48.9 Å². The van der Waals surface area contributed by atoms with Crippen LogP contribution in [-0.4, -0.2) is 29.1 Å². The number of nitrogen functional groups attached to an aromatic ring is 1. The molecule has 0 amide bonds. The Bertz CT molecular complexity index is 1310. The lowest BCUT2D eigenvalue weighted by molar-refractivity contribution is 0.597. The maximum absolute atomic E-state index is 12.0. The summed E-state index contributed by atoms with van der Waals surface area (Å²) in [7, 11) is -3.23. The summed E-state index contributed by atoms with van der Waals surface area (Å²) < 4.78 is 24.1. The van der Waals surface area contributed by atoms with Gasteiger partial charge in [-0.25, -0.2) is 13.4 Å². The molecule has 0 aliphatic heterocycles. The molecule has 8 heteroatoms. The number of anilines is 1. The smallest absolute Gasteiger partial charge is 0.181 e. The number of nitrogens with zero attached hydrogens (tertiary/aromatic N) is 3. The molecule has 0 saturated carbocycles. The number of pyridine rings is 2. The summed E-state index contributed by atoms with van der Waals surface area (Å²) >= 11 is 1.40. The zero-order valence-corrected chi connectivity index (χ0v) is 18.2. The molecule has 152 valence electrons. The summed E-state index contributed by atoms with van der Waals surface area (Å²) in [6.07, 6.45) is 1.73. The van der Waals surface area contributed by atoms with Gasteiger partial charge in [0.1, 0.15) is 5.69 Å². The number of sulfone groups is 1. The fourth-order valence-corrected chi connectivity index (χ4v) is 4.83. The van der Waals surface area contributed by atoms with E-state index in [4.69, 9.17) is 5.73 Å². The van der Waals surface area contributed by atoms with Gasteiger partial charge in [-0.2, -0.15) is 0 Å². The van der Waals surface area contributed by atoms with Gasteiger partial charge in [-0.15, -0.1) is 0 Å². The van der Waals surface area contributed by atoms with E-state index in [2.05, 4.69) is 15.0 Å². The van der Waals surface area contributed by atoms with Crippen LogP contribution in [0.2, 0.25) is 0 Å². The van der Waals surface area contributed by atoms with E-state index in [9.17, 15) is 8.42 Å². The van der Waals surface area contributed by atoms with E-state index in [1.165, 1.54) is 11.3 Å². The quantitative estimate of drug-likeness (QED) is 0.490. The minimum atomic E-state index is -3.23. The van der Waals surface area contributed by atoms with E-state index < -0.39 is 9.84 Å². The zero-order chi connectivity index (χ0) is 21.3. The van der Waals surface area contributed by atoms with E-state index in [1.807, 2.05) is 37.3 Å². The number of hydrogen-bond donors (Lipinski definition) is 1. The molecule has 0 fully saturated rings. The summed E-state index contributed by atoms with van der Waals surface area (Å²) in [6.45, 7) is 3.57. The largest absolute Gasteiger partial charge is 0.375 e. The minimum absolute atomic E-state index is 0.0721. The Hall–Kier alpha value is -3.10. The van der Waals surface area contributed by atoms with Crippen molar-refractivity contribution < 1.29 is 8.42 Å². The van der Waals surface area contributed by atoms with Gasteiger partial charge < -0.3 is 5.73 Å². The minimum Gasteiger partial charge on any atom is -0.375 e. The van der Waals surface area contributed by atoms with Crippen LogP contribution < -0.4 is 5.73 Å². The van der Waals surface area contributed by atoms with Crippen molar-refractivity contribution in [2.24, 2.45) is 0 Å². The first-order valence-corrected chi connectivity index (χ1v) is 11.8. The van der Waals surface area contributed by atoms with Gasteiger partial charge >= 0.3 is 0 Å². The van der Waals surface area contributed by atoms with Crippen molar-refractivity contribution in [3.8, 4) is 33.1 Å². The Kier molecular flexibility index (Phi) is 5.36. The monoisotopic (exact) mass is 436 g/mol. The average Bonchev–Trinajstić information content (AvgIpc) is 3.16. The molecule has 0 unspecified atom stereocenters. The van der Waals surface area contributed by atoms with Crippen LogP contribution in [0.15, 0.2) is 65.7 Å². The van der Waals surface area contributed by atoms with Gasteiger partial charge in [0.25, 0.3) is 0 Å². The summed E-state index contributed by atoms with van der Waals surface area (Å²) in [6, 6.07) is 16.5. The Morgan fingerprint density at radius 1 is 0.967 bits per heavy atom. The van der Waals surface area contributed by atoms with E-state index in [1.54, 1.807) is 37.4 Å². The third kappa shape index (κ3) is 3.96. The molecule has 4 aromatic rings. The lowest BCUT2D eigenvalue weighted by Gasteiger charge is -2.07. The van der Waals surface area contributed by atoms with Crippen molar-refractivity contribution in [2.45, 2.75) is 18.7 Å². The van der Waals surface area contributed by atoms with Gasteiger partial charge in [0.05, 0.1) is 26.9 Å². The van der Waals surface area contributed by atoms with Crippen LogP contribution in [0.1, 0.15) is 12.6 Å². The first kappa shape index (κ1) is 20.2. The summed E-state index contributed by atoms with van der Waals surface area (Å²) in [5.74, 6) is 0.0721. The summed E-state index contributed by atoms with van der Waals surface area (Å²) in [4.78, 5) is 14.8. The number of hydrogen-bond acceptors (Lipinski definition) is 7. The predicted molar refractivity (Wildman–Crippen MR) is 121 cm³/mol. The molecule has 0 atom stereocenters. The third-order valence-corrected chi connectivity index (χ3v) is 7.37. The van der Waals surface area contributed by atoms with Crippen molar-refractivity contribution in [1.29, 1.82) is 0 Å². The zero-order valence-electron chi connectivity index (χ0n) is 16.5. The normalized spacial score (nSPS) is 11.5. The molecule has 0 saturated heterocycles. The van der Waals surface area contributed by atoms with E-state index in [0.29, 0.717) is 10.0 Å². The molecule has 6 nitrogen and oxygen atoms in total. The molecule has 3 heterocycles. The second kappa shape index (κ2) is 7.97. The summed E-state index contributed by atoms with van der Waals surface area (Å²) in [5.41, 5.74) is 10.9. The molecule has 30 heavy (non-hydrogen) atoms. The fourth-order valence-electron chi connectivity index (χ4n) is 3.11. The van der Waals surface area contributed by atoms with Crippen molar-refractivity contribution in [1.82, 2.24) is 15.0 Å². The van der Waals surface area contributed by atoms with Gasteiger partial charge in [0.2, 0.25) is 0 Å². The highest BCUT2D eigenvalue weighted by molar-refractivity contribution is 7.91. The molecule has 2 N–H and O–H groups in total. The highest BCUT2D eigenvalue weighted by Gasteiger charge is 2.16. The average molecular weight is 437 g/mol. The molecule has 1 aromatic carbocycles. The number of benzene rings is 1. The maximum Gasteiger partial charge on any atom is 0.181 e. The van der Waals surface area contributed by atoms with E-state index >= 15 is 0 Å². The topological polar surface area (TPSA) is 98.8 Å². The first-order valence-electron chi connectivity index (χ1n) is 9.37. The molecular formula is C22H20N4O2S2. The molecule has 0 radical (unpaired) electrons. The van der Waals surface area contributed by atoms with Crippen LogP contribution in [0.3, 0.4) is 0 Å². The van der Waals surface area contributed by atoms with Gasteiger partial charge in [0.15, 0.2) is 15.0 Å². The SMILES string of the molecule is CCS(=O)(=O)c1ccc(-c2cc(-c3sc(N)nc3-c3cccc(C)n3)ccn2)cc1. The number of aryl methyl sites for hydroxylation is 1. The Labute approximate surface area is 179 Å². The van der Waals surface area contributed by atoms with Crippen LogP contribution in [-0.2, 0) is 9.84 Å². The highest BCUT2D eigenvalue weighted by atomic mass is 32.2. The number of thiazole rings is 1. The number of aromatic nitrogens is 3. The molecule has 3 aromatic heterocycles. The molecular weight excluding hydrogens is 416 g/mol. The molecule has 4 rings (SSSR count). The predicted octanol–water partition coefficient (Wildman–Crippen LogP) is 4.62. The van der Waals surface area contributed by atoms with Gasteiger partial charge in [-0.3, -0.25) is 9.97 Å². The second-order valence-electron chi connectivity index (χ2n) is 6.75. The molecule has 0 aliphatic carbocycles. The van der Waals surface area contributed by atoms with Crippen molar-refractivity contribution in [2.75, 3.05) is 11.5 Å². The lowest BCUT2D eigenvalue weighted by Crippen LogP contribution is -2.03. The fraction of sp³-hybridized carbons (Fsp3) is 0.136. The standard InChI is InChI=1S/C22H20N4O2S2/c1-3-30(27,28)17-9-7-15(8-10-17)19-13-16(11-12-24-19)21-20(26-22(23)29-21)18-6-4-5-14(2)25-18/h4-13H,3H2,1-2H3,(H2,23,26). The molecule has 0 aliphatic rings. The van der Waals surface area contributed by atoms with Crippen molar-refractivity contribution >= 4 is 26.3 Å². The first-order chi connectivity index (χ1) is 14.4. The number of rotatable bonds is 5. The van der Waals surface area contributed by atoms with E-state index in [0.717, 1.165) is 38.8 Å². The Morgan fingerprint density at radius 3 is 2.43 bits per heavy atom. The van der Waals surface area contributed by atoms with Crippen LogP contribution >= 0.6 is 11.3 Å². The van der Waals surface area contributed by atoms with Crippen molar-refractivity contribution in [3.05, 3.63) is 66.5 Å². The van der Waals surface area contributed by atoms with Crippen LogP contribution in [0.4, 0.5) is 5.13 Å². The van der Waals surface area contributed by atoms with Crippen molar-refractivity contribution in [3.63, 3.8) is 0 Å². The van der Waals surface area contributed by atoms with Gasteiger partial charge in [0, 0.05) is 17.5 Å². The maximum atomic E-state index is 12.0. The van der Waals surface area contributed by atoms with Crippen LogP contribution in [0.5, 0.6) is 0 Å². The molecule has 0 spiro atoms. The number of nitrogens with two attached hydrogens (primary N) is 1. The lowest BCUT2D eigenvalue weighted by atomic mass is 10.1. The van der Waals surface area contributed by atoms with Gasteiger partial charge in [-0.1, -0.05) is 36.5 Å².